The number of aryl methyl sites for hydroxylation is 1. The van der Waals surface area contributed by atoms with Crippen LogP contribution in [0.15, 0.2) is 10.8 Å². The SMILES string of the molecule is CCCNCc1[nH]c(Br)c[n+]1C. The molecule has 0 saturated heterocycles. The molecule has 0 spiro atoms. The molecule has 1 aromatic heterocycles. The first-order valence-electron chi connectivity index (χ1n) is 4.17. The number of halogens is 1. The summed E-state index contributed by atoms with van der Waals surface area (Å²) in [5.41, 5.74) is 0. The van der Waals surface area contributed by atoms with Gasteiger partial charge in [-0.05, 0) is 13.0 Å². The number of hydrogen-bond acceptors (Lipinski definition) is 1. The van der Waals surface area contributed by atoms with Crippen LogP contribution in [0.4, 0.5) is 0 Å². The Morgan fingerprint density at radius 1 is 1.67 bits per heavy atom. The predicted octanol–water partition coefficient (Wildman–Crippen LogP) is 1.10. The van der Waals surface area contributed by atoms with Crippen LogP contribution in [-0.4, -0.2) is 11.5 Å². The third kappa shape index (κ3) is 2.60. The van der Waals surface area contributed by atoms with Gasteiger partial charge >= 0.3 is 0 Å². The fourth-order valence-electron chi connectivity index (χ4n) is 1.06. The second-order valence-corrected chi connectivity index (χ2v) is 3.69. The molecule has 0 amide bonds. The number of H-pyrrole nitrogens is 1. The van der Waals surface area contributed by atoms with Crippen LogP contribution in [0.3, 0.4) is 0 Å². The molecule has 0 fully saturated rings. The van der Waals surface area contributed by atoms with Crippen molar-refractivity contribution in [1.29, 1.82) is 0 Å². The minimum atomic E-state index is 0.899. The zero-order valence-electron chi connectivity index (χ0n) is 7.52. The van der Waals surface area contributed by atoms with Gasteiger partial charge < -0.3 is 5.32 Å². The molecule has 2 N–H and O–H groups in total. The molecule has 1 aromatic rings. The Bertz CT molecular complexity index is 244. The zero-order chi connectivity index (χ0) is 8.97. The lowest BCUT2D eigenvalue weighted by molar-refractivity contribution is -0.678. The highest BCUT2D eigenvalue weighted by molar-refractivity contribution is 9.10. The summed E-state index contributed by atoms with van der Waals surface area (Å²) in [6, 6.07) is 0. The van der Waals surface area contributed by atoms with Crippen molar-refractivity contribution in [2.45, 2.75) is 19.9 Å². The molecule has 0 atom stereocenters. The Morgan fingerprint density at radius 2 is 2.42 bits per heavy atom. The fourth-order valence-corrected chi connectivity index (χ4v) is 1.59. The third-order valence-corrected chi connectivity index (χ3v) is 2.12. The number of aromatic nitrogens is 2. The molecule has 0 aliphatic carbocycles. The van der Waals surface area contributed by atoms with Gasteiger partial charge in [-0.2, -0.15) is 0 Å². The number of nitrogens with zero attached hydrogens (tertiary/aromatic N) is 1. The lowest BCUT2D eigenvalue weighted by atomic mass is 10.4. The topological polar surface area (TPSA) is 31.7 Å². The molecule has 0 aliphatic rings. The average Bonchev–Trinajstić information content (AvgIpc) is 2.31. The first kappa shape index (κ1) is 9.74. The number of nitrogens with one attached hydrogen (secondary N) is 2. The molecule has 1 heterocycles. The molecule has 0 unspecified atom stereocenters. The maximum absolute atomic E-state index is 3.39. The van der Waals surface area contributed by atoms with Gasteiger partial charge in [-0.3, -0.25) is 0 Å². The first-order chi connectivity index (χ1) is 5.74. The van der Waals surface area contributed by atoms with Crippen molar-refractivity contribution in [2.75, 3.05) is 6.54 Å². The van der Waals surface area contributed by atoms with Crippen LogP contribution in [0.25, 0.3) is 0 Å². The average molecular weight is 233 g/mol. The minimum Gasteiger partial charge on any atom is -0.306 e. The summed E-state index contributed by atoms with van der Waals surface area (Å²) in [5.74, 6) is 1.19. The van der Waals surface area contributed by atoms with E-state index in [-0.39, 0.29) is 0 Å². The van der Waals surface area contributed by atoms with E-state index in [0.717, 1.165) is 17.7 Å². The van der Waals surface area contributed by atoms with Gasteiger partial charge in [0, 0.05) is 15.9 Å². The van der Waals surface area contributed by atoms with Crippen LogP contribution in [0, 0.1) is 0 Å². The van der Waals surface area contributed by atoms with Crippen LogP contribution < -0.4 is 9.88 Å². The summed E-state index contributed by atoms with van der Waals surface area (Å²) >= 11 is 3.39. The molecule has 0 bridgehead atoms. The predicted molar refractivity (Wildman–Crippen MR) is 51.7 cm³/mol. The first-order valence-corrected chi connectivity index (χ1v) is 4.97. The molecule has 1 rings (SSSR count). The van der Waals surface area contributed by atoms with Crippen LogP contribution in [0.1, 0.15) is 19.2 Å². The number of rotatable bonds is 4. The second kappa shape index (κ2) is 4.62. The van der Waals surface area contributed by atoms with E-state index in [2.05, 4.69) is 37.7 Å². The van der Waals surface area contributed by atoms with E-state index in [1.807, 2.05) is 13.2 Å². The quantitative estimate of drug-likeness (QED) is 0.592. The van der Waals surface area contributed by atoms with Gasteiger partial charge in [0.2, 0.25) is 4.60 Å². The van der Waals surface area contributed by atoms with E-state index in [4.69, 9.17) is 0 Å². The van der Waals surface area contributed by atoms with Gasteiger partial charge in [0.15, 0.2) is 0 Å². The lowest BCUT2D eigenvalue weighted by Gasteiger charge is -1.96. The van der Waals surface area contributed by atoms with E-state index in [9.17, 15) is 0 Å². The standard InChI is InChI=1S/C8H14BrN3/c1-3-4-10-5-8-11-7(9)6-12(8)2/h6,10H,3-5H2,1-2H3/p+1. The lowest BCUT2D eigenvalue weighted by Crippen LogP contribution is -2.33. The summed E-state index contributed by atoms with van der Waals surface area (Å²) in [6.45, 7) is 4.13. The van der Waals surface area contributed by atoms with Crippen molar-refractivity contribution < 1.29 is 4.57 Å². The van der Waals surface area contributed by atoms with Gasteiger partial charge in [0.05, 0.1) is 13.6 Å². The number of aromatic amines is 1. The molecule has 0 saturated carbocycles. The van der Waals surface area contributed by atoms with Crippen LogP contribution in [0.2, 0.25) is 0 Å². The van der Waals surface area contributed by atoms with Crippen molar-refractivity contribution in [1.82, 2.24) is 10.3 Å². The molecule has 0 aliphatic heterocycles. The Morgan fingerprint density at radius 3 is 2.92 bits per heavy atom. The van der Waals surface area contributed by atoms with Crippen molar-refractivity contribution in [3.63, 3.8) is 0 Å². The van der Waals surface area contributed by atoms with Gasteiger partial charge in [-0.25, -0.2) is 9.55 Å². The Labute approximate surface area is 81.3 Å². The second-order valence-electron chi connectivity index (χ2n) is 2.84. The summed E-state index contributed by atoms with van der Waals surface area (Å²) < 4.78 is 3.10. The highest BCUT2D eigenvalue weighted by atomic mass is 79.9. The summed E-state index contributed by atoms with van der Waals surface area (Å²) in [5, 5.41) is 3.33. The minimum absolute atomic E-state index is 0.899. The Balaban J connectivity index is 2.45. The summed E-state index contributed by atoms with van der Waals surface area (Å²) in [7, 11) is 2.03. The van der Waals surface area contributed by atoms with Gasteiger partial charge in [-0.1, -0.05) is 6.92 Å². The molecule has 0 aromatic carbocycles. The fraction of sp³-hybridized carbons (Fsp3) is 0.625. The van der Waals surface area contributed by atoms with Crippen molar-refractivity contribution in [2.24, 2.45) is 7.05 Å². The summed E-state index contributed by atoms with van der Waals surface area (Å²) in [4.78, 5) is 3.22. The third-order valence-electron chi connectivity index (χ3n) is 1.72. The molecular formula is C8H15BrN3+. The molecule has 12 heavy (non-hydrogen) atoms. The molecular weight excluding hydrogens is 218 g/mol. The molecule has 68 valence electrons. The van der Waals surface area contributed by atoms with Gasteiger partial charge in [0.25, 0.3) is 5.82 Å². The largest absolute Gasteiger partial charge is 0.306 e. The maximum Gasteiger partial charge on any atom is 0.269 e. The van der Waals surface area contributed by atoms with E-state index < -0.39 is 0 Å². The van der Waals surface area contributed by atoms with E-state index in [1.165, 1.54) is 12.2 Å². The zero-order valence-corrected chi connectivity index (χ0v) is 9.11. The molecule has 4 heteroatoms. The molecule has 3 nitrogen and oxygen atoms in total. The maximum atomic E-state index is 3.39. The monoisotopic (exact) mass is 232 g/mol. The highest BCUT2D eigenvalue weighted by Gasteiger charge is 2.08. The Hall–Kier alpha value is -0.350. The van der Waals surface area contributed by atoms with Crippen LogP contribution >= 0.6 is 15.9 Å². The normalized spacial score (nSPS) is 10.6. The highest BCUT2D eigenvalue weighted by Crippen LogP contribution is 2.02. The van der Waals surface area contributed by atoms with E-state index in [1.54, 1.807) is 0 Å². The van der Waals surface area contributed by atoms with Crippen molar-refractivity contribution in [3.8, 4) is 0 Å². The number of imidazole rings is 1. The molecule has 0 radical (unpaired) electrons. The number of hydrogen-bond donors (Lipinski definition) is 2. The van der Waals surface area contributed by atoms with Gasteiger partial charge in [-0.15, -0.1) is 0 Å². The summed E-state index contributed by atoms with van der Waals surface area (Å²) in [6.07, 6.45) is 3.19. The van der Waals surface area contributed by atoms with Crippen molar-refractivity contribution in [3.05, 3.63) is 16.6 Å². The van der Waals surface area contributed by atoms with Crippen LogP contribution in [0.5, 0.6) is 0 Å². The van der Waals surface area contributed by atoms with E-state index in [0.29, 0.717) is 0 Å². The Kier molecular flexibility index (Phi) is 3.75. The van der Waals surface area contributed by atoms with Gasteiger partial charge in [0.1, 0.15) is 6.20 Å². The van der Waals surface area contributed by atoms with E-state index >= 15 is 0 Å². The smallest absolute Gasteiger partial charge is 0.269 e. The van der Waals surface area contributed by atoms with Crippen molar-refractivity contribution >= 4 is 15.9 Å². The van der Waals surface area contributed by atoms with Crippen LogP contribution in [-0.2, 0) is 13.6 Å².